The Morgan fingerprint density at radius 2 is 1.11 bits per heavy atom. The molecule has 0 rings (SSSR count). The molecule has 4 unspecified atom stereocenters. The quantitative estimate of drug-likeness (QED) is 0.323. The molecule has 116 valence electrons. The summed E-state index contributed by atoms with van der Waals surface area (Å²) in [5, 5.41) is 38.1. The van der Waals surface area contributed by atoms with E-state index in [2.05, 4.69) is 0 Å². The van der Waals surface area contributed by atoms with Crippen molar-refractivity contribution in [1.29, 1.82) is 0 Å². The number of nitrogens with two attached hydrogens (primary N) is 2. The van der Waals surface area contributed by atoms with Gasteiger partial charge in [0.1, 0.15) is 0 Å². The summed E-state index contributed by atoms with van der Waals surface area (Å²) in [7, 11) is 0. The van der Waals surface area contributed by atoms with Crippen LogP contribution >= 0.6 is 0 Å². The molecule has 0 aliphatic heterocycles. The van der Waals surface area contributed by atoms with Gasteiger partial charge in [0, 0.05) is 17.7 Å². The minimum Gasteiger partial charge on any atom is -0.396 e. The minimum absolute atomic E-state index is 0.165. The molecule has 0 bridgehead atoms. The zero-order chi connectivity index (χ0) is 15.3. The Hall–Kier alpha value is -0.240. The van der Waals surface area contributed by atoms with Gasteiger partial charge in [-0.05, 0) is 46.5 Å². The molecule has 0 aromatic carbocycles. The first-order valence-corrected chi connectivity index (χ1v) is 6.79. The summed E-state index contributed by atoms with van der Waals surface area (Å²) >= 11 is 0. The van der Waals surface area contributed by atoms with E-state index in [1.807, 2.05) is 0 Å². The molecule has 19 heavy (non-hydrogen) atoms. The Morgan fingerprint density at radius 1 is 0.789 bits per heavy atom. The van der Waals surface area contributed by atoms with E-state index in [4.69, 9.17) is 11.5 Å². The summed E-state index contributed by atoms with van der Waals surface area (Å²) < 4.78 is 0. The SMILES string of the molecule is CC(O)CC(N)(CCO)C(N)(CC(C)O)CC(C)O. The highest BCUT2D eigenvalue weighted by molar-refractivity contribution is 5.09. The Labute approximate surface area is 115 Å². The van der Waals surface area contributed by atoms with Gasteiger partial charge >= 0.3 is 0 Å². The lowest BCUT2D eigenvalue weighted by Crippen LogP contribution is -2.68. The van der Waals surface area contributed by atoms with Gasteiger partial charge in [0.2, 0.25) is 0 Å². The lowest BCUT2D eigenvalue weighted by Gasteiger charge is -2.48. The summed E-state index contributed by atoms with van der Waals surface area (Å²) in [5.41, 5.74) is 10.6. The van der Waals surface area contributed by atoms with Gasteiger partial charge in [0.25, 0.3) is 0 Å². The number of aliphatic hydroxyl groups excluding tert-OH is 4. The first-order valence-electron chi connectivity index (χ1n) is 6.79. The molecule has 0 aromatic heterocycles. The van der Waals surface area contributed by atoms with Gasteiger partial charge in [-0.15, -0.1) is 0 Å². The summed E-state index contributed by atoms with van der Waals surface area (Å²) in [6.07, 6.45) is -1.25. The zero-order valence-corrected chi connectivity index (χ0v) is 12.2. The molecule has 0 radical (unpaired) electrons. The lowest BCUT2D eigenvalue weighted by atomic mass is 9.67. The fourth-order valence-electron chi connectivity index (χ4n) is 2.83. The van der Waals surface area contributed by atoms with Crippen LogP contribution in [0.4, 0.5) is 0 Å². The van der Waals surface area contributed by atoms with Crippen LogP contribution in [0, 0.1) is 0 Å². The third-order valence-corrected chi connectivity index (χ3v) is 3.53. The molecule has 6 nitrogen and oxygen atoms in total. The fourth-order valence-corrected chi connectivity index (χ4v) is 2.83. The highest BCUT2D eigenvalue weighted by atomic mass is 16.3. The average Bonchev–Trinajstić information content (AvgIpc) is 2.12. The first-order chi connectivity index (χ1) is 8.56. The number of rotatable bonds is 9. The van der Waals surface area contributed by atoms with E-state index in [1.165, 1.54) is 0 Å². The first kappa shape index (κ1) is 18.8. The van der Waals surface area contributed by atoms with Crippen molar-refractivity contribution in [2.75, 3.05) is 6.61 Å². The van der Waals surface area contributed by atoms with E-state index in [-0.39, 0.29) is 32.3 Å². The summed E-state index contributed by atoms with van der Waals surface area (Å²) in [4.78, 5) is 0. The highest BCUT2D eigenvalue weighted by Gasteiger charge is 2.47. The van der Waals surface area contributed by atoms with Crippen molar-refractivity contribution in [1.82, 2.24) is 0 Å². The fraction of sp³-hybridized carbons (Fsp3) is 1.00. The lowest BCUT2D eigenvalue weighted by molar-refractivity contribution is 0.0254. The van der Waals surface area contributed by atoms with Crippen LogP contribution in [-0.2, 0) is 0 Å². The van der Waals surface area contributed by atoms with Gasteiger partial charge in [-0.1, -0.05) is 0 Å². The van der Waals surface area contributed by atoms with Crippen LogP contribution in [0.3, 0.4) is 0 Å². The second kappa shape index (κ2) is 7.52. The molecular formula is C13H30N2O4. The summed E-state index contributed by atoms with van der Waals surface area (Å²) in [6, 6.07) is 0. The summed E-state index contributed by atoms with van der Waals surface area (Å²) in [5.74, 6) is 0. The van der Waals surface area contributed by atoms with Crippen LogP contribution < -0.4 is 11.5 Å². The van der Waals surface area contributed by atoms with E-state index in [0.29, 0.717) is 0 Å². The average molecular weight is 278 g/mol. The molecule has 6 heteroatoms. The van der Waals surface area contributed by atoms with Crippen LogP contribution in [0.15, 0.2) is 0 Å². The second-order valence-electron chi connectivity index (χ2n) is 5.95. The molecule has 4 atom stereocenters. The second-order valence-corrected chi connectivity index (χ2v) is 5.95. The van der Waals surface area contributed by atoms with Gasteiger partial charge in [-0.2, -0.15) is 0 Å². The Morgan fingerprint density at radius 3 is 1.37 bits per heavy atom. The van der Waals surface area contributed by atoms with Gasteiger partial charge < -0.3 is 31.9 Å². The molecule has 8 N–H and O–H groups in total. The van der Waals surface area contributed by atoms with Crippen LogP contribution in [0.2, 0.25) is 0 Å². The monoisotopic (exact) mass is 278 g/mol. The Kier molecular flexibility index (Phi) is 7.42. The van der Waals surface area contributed by atoms with Crippen LogP contribution in [0.25, 0.3) is 0 Å². The maximum absolute atomic E-state index is 9.62. The largest absolute Gasteiger partial charge is 0.396 e. The van der Waals surface area contributed by atoms with Gasteiger partial charge in [-0.3, -0.25) is 0 Å². The van der Waals surface area contributed by atoms with Crippen molar-refractivity contribution < 1.29 is 20.4 Å². The van der Waals surface area contributed by atoms with Crippen molar-refractivity contribution >= 4 is 0 Å². The molecule has 0 saturated heterocycles. The molecule has 0 saturated carbocycles. The van der Waals surface area contributed by atoms with Gasteiger partial charge in [-0.25, -0.2) is 0 Å². The van der Waals surface area contributed by atoms with Crippen molar-refractivity contribution in [3.8, 4) is 0 Å². The molecule has 0 fully saturated rings. The van der Waals surface area contributed by atoms with E-state index in [9.17, 15) is 20.4 Å². The van der Waals surface area contributed by atoms with Gasteiger partial charge in [0.15, 0.2) is 0 Å². The number of hydrogen-bond donors (Lipinski definition) is 6. The van der Waals surface area contributed by atoms with E-state index >= 15 is 0 Å². The van der Waals surface area contributed by atoms with E-state index in [1.54, 1.807) is 20.8 Å². The van der Waals surface area contributed by atoms with Gasteiger partial charge in [0.05, 0.1) is 18.3 Å². The van der Waals surface area contributed by atoms with Crippen molar-refractivity contribution in [2.45, 2.75) is 75.8 Å². The predicted molar refractivity (Wildman–Crippen MR) is 74.4 cm³/mol. The topological polar surface area (TPSA) is 133 Å². The maximum atomic E-state index is 9.62. The molecular weight excluding hydrogens is 248 g/mol. The molecule has 0 aliphatic carbocycles. The molecule has 0 aliphatic rings. The zero-order valence-electron chi connectivity index (χ0n) is 12.2. The molecule has 0 aromatic rings. The van der Waals surface area contributed by atoms with Crippen molar-refractivity contribution in [2.24, 2.45) is 11.5 Å². The number of hydrogen-bond acceptors (Lipinski definition) is 6. The van der Waals surface area contributed by atoms with Crippen LogP contribution in [0.1, 0.15) is 46.5 Å². The van der Waals surface area contributed by atoms with Crippen LogP contribution in [0.5, 0.6) is 0 Å². The Balaban J connectivity index is 5.33. The van der Waals surface area contributed by atoms with Crippen molar-refractivity contribution in [3.05, 3.63) is 0 Å². The van der Waals surface area contributed by atoms with E-state index < -0.39 is 29.4 Å². The standard InChI is InChI=1S/C13H30N2O4/c1-9(17)6-12(14,4-5-16)13(15,7-10(2)18)8-11(3)19/h9-11,16-19H,4-8,14-15H2,1-3H3. The normalized spacial score (nSPS) is 23.2. The third kappa shape index (κ3) is 5.72. The smallest absolute Gasteiger partial charge is 0.0530 e. The molecule has 0 amide bonds. The van der Waals surface area contributed by atoms with Crippen molar-refractivity contribution in [3.63, 3.8) is 0 Å². The highest BCUT2D eigenvalue weighted by Crippen LogP contribution is 2.34. The molecule has 0 heterocycles. The third-order valence-electron chi connectivity index (χ3n) is 3.53. The van der Waals surface area contributed by atoms with Crippen LogP contribution in [-0.4, -0.2) is 56.4 Å². The summed E-state index contributed by atoms with van der Waals surface area (Å²) in [6.45, 7) is 4.64. The maximum Gasteiger partial charge on any atom is 0.0530 e. The van der Waals surface area contributed by atoms with E-state index in [0.717, 1.165) is 0 Å². The number of aliphatic hydroxyl groups is 4. The molecule has 0 spiro atoms. The minimum atomic E-state index is -1.06. The Bertz CT molecular complexity index is 249. The predicted octanol–water partition coefficient (Wildman–Crippen LogP) is -0.923.